The molecule has 1 aliphatic rings. The highest BCUT2D eigenvalue weighted by Gasteiger charge is 2.27. The molecule has 7 heteroatoms. The van der Waals surface area contributed by atoms with Crippen molar-refractivity contribution in [1.82, 2.24) is 14.9 Å². The van der Waals surface area contributed by atoms with Crippen molar-refractivity contribution in [3.8, 4) is 18.0 Å². The monoisotopic (exact) mass is 360 g/mol. The minimum absolute atomic E-state index is 0.116. The van der Waals surface area contributed by atoms with Crippen LogP contribution in [-0.4, -0.2) is 35.5 Å². The van der Waals surface area contributed by atoms with Crippen molar-refractivity contribution in [1.29, 1.82) is 0 Å². The largest absolute Gasteiger partial charge is 0.303 e. The highest BCUT2D eigenvalue weighted by atomic mass is 32.2. The van der Waals surface area contributed by atoms with Crippen LogP contribution in [0.5, 0.6) is 0 Å². The van der Waals surface area contributed by atoms with Crippen LogP contribution in [0.2, 0.25) is 0 Å². The van der Waals surface area contributed by atoms with Gasteiger partial charge in [0.15, 0.2) is 0 Å². The molecule has 2 aromatic rings. The van der Waals surface area contributed by atoms with Crippen LogP contribution in [0.15, 0.2) is 64.1 Å². The van der Waals surface area contributed by atoms with Crippen molar-refractivity contribution in [2.75, 3.05) is 13.1 Å². The van der Waals surface area contributed by atoms with E-state index in [0.717, 1.165) is 11.2 Å². The van der Waals surface area contributed by atoms with Gasteiger partial charge in [-0.25, -0.2) is 9.98 Å². The highest BCUT2D eigenvalue weighted by molar-refractivity contribution is 8.15. The molecule has 1 aromatic heterocycles. The van der Waals surface area contributed by atoms with E-state index in [2.05, 4.69) is 27.8 Å². The third-order valence-electron chi connectivity index (χ3n) is 3.77. The third kappa shape index (κ3) is 3.72. The summed E-state index contributed by atoms with van der Waals surface area (Å²) in [6.07, 6.45) is 10.3. The fourth-order valence-electron chi connectivity index (χ4n) is 2.40. The first-order chi connectivity index (χ1) is 12.6. The molecule has 0 spiro atoms. The van der Waals surface area contributed by atoms with Gasteiger partial charge in [0.25, 0.3) is 5.56 Å². The summed E-state index contributed by atoms with van der Waals surface area (Å²) in [6.45, 7) is 5.16. The molecule has 26 heavy (non-hydrogen) atoms. The zero-order valence-electron chi connectivity index (χ0n) is 14.4. The van der Waals surface area contributed by atoms with Crippen molar-refractivity contribution in [2.24, 2.45) is 4.99 Å². The van der Waals surface area contributed by atoms with Crippen molar-refractivity contribution in [3.63, 3.8) is 0 Å². The van der Waals surface area contributed by atoms with E-state index in [1.165, 1.54) is 11.8 Å². The topological polar surface area (TPSA) is 59.3 Å². The van der Waals surface area contributed by atoms with Gasteiger partial charge in [-0.3, -0.25) is 9.36 Å². The maximum atomic E-state index is 12.8. The van der Waals surface area contributed by atoms with E-state index in [0.29, 0.717) is 34.3 Å². The third-order valence-corrected chi connectivity index (χ3v) is 4.89. The minimum Gasteiger partial charge on any atom is -0.303 e. The molecule has 3 rings (SSSR count). The molecule has 1 aromatic carbocycles. The molecule has 2 heterocycles. The quantitative estimate of drug-likeness (QED) is 0.486. The Bertz CT molecular complexity index is 1000. The lowest BCUT2D eigenvalue weighted by Crippen LogP contribution is -2.21. The minimum atomic E-state index is -0.116. The van der Waals surface area contributed by atoms with E-state index in [-0.39, 0.29) is 5.56 Å². The Morgan fingerprint density at radius 2 is 2.19 bits per heavy atom. The predicted octanol–water partition coefficient (Wildman–Crippen LogP) is 0.745. The molecule has 0 unspecified atom stereocenters. The summed E-state index contributed by atoms with van der Waals surface area (Å²) in [6, 6.07) is 7.74. The average molecular weight is 360 g/mol. The molecule has 0 saturated carbocycles. The Labute approximate surface area is 157 Å². The van der Waals surface area contributed by atoms with Gasteiger partial charge in [0.2, 0.25) is 0 Å². The Hall–Kier alpha value is -2.82. The van der Waals surface area contributed by atoms with Gasteiger partial charge in [-0.2, -0.15) is 0 Å². The van der Waals surface area contributed by atoms with Gasteiger partial charge in [0, 0.05) is 18.3 Å². The van der Waals surface area contributed by atoms with Crippen LogP contribution >= 0.6 is 11.8 Å². The maximum Gasteiger partial charge on any atom is 0.272 e. The van der Waals surface area contributed by atoms with Crippen LogP contribution in [0.1, 0.15) is 5.69 Å². The molecular formula is C19H17BN4OS. The first kappa shape index (κ1) is 18.0. The molecule has 0 atom stereocenters. The highest BCUT2D eigenvalue weighted by Crippen LogP contribution is 2.36. The molecular weight excluding hydrogens is 343 g/mol. The lowest BCUT2D eigenvalue weighted by atomic mass is 9.96. The standard InChI is InChI=1S/C19H17BN4OS/c1-3-9-21-10-4-11-22-18-13(2)16-17(26-18)19(25)24(12-23-16)15-7-5-14(20)6-8-15/h1,4-8,11-12,21H,2,9-10,20H2/b11-4-,22-18+. The van der Waals surface area contributed by atoms with Crippen LogP contribution in [0.4, 0.5) is 0 Å². The van der Waals surface area contributed by atoms with Crippen LogP contribution in [-0.2, 0) is 0 Å². The predicted molar refractivity (Wildman–Crippen MR) is 111 cm³/mol. The molecule has 0 saturated heterocycles. The van der Waals surface area contributed by atoms with E-state index in [1.807, 2.05) is 38.2 Å². The molecule has 0 fully saturated rings. The van der Waals surface area contributed by atoms with Gasteiger partial charge >= 0.3 is 0 Å². The lowest BCUT2D eigenvalue weighted by molar-refractivity contribution is 0.856. The number of thioether (sulfide) groups is 1. The summed E-state index contributed by atoms with van der Waals surface area (Å²) in [7, 11) is 2.01. The normalized spacial score (nSPS) is 14.7. The summed E-state index contributed by atoms with van der Waals surface area (Å²) in [5.41, 5.74) is 3.07. The summed E-state index contributed by atoms with van der Waals surface area (Å²) < 4.78 is 1.54. The van der Waals surface area contributed by atoms with E-state index in [9.17, 15) is 4.79 Å². The number of aromatic nitrogens is 2. The summed E-state index contributed by atoms with van der Waals surface area (Å²) in [4.78, 5) is 22.2. The van der Waals surface area contributed by atoms with Gasteiger partial charge in [0.1, 0.15) is 24.1 Å². The van der Waals surface area contributed by atoms with E-state index < -0.39 is 0 Å². The first-order valence-electron chi connectivity index (χ1n) is 8.05. The SMILES string of the molecule is Bc1ccc(-n2cnc3c(c2=O)S/C(=N/C=C\CNCC#C)C3=C)cc1. The van der Waals surface area contributed by atoms with Crippen LogP contribution in [0.3, 0.4) is 0 Å². The second-order valence-electron chi connectivity index (χ2n) is 5.67. The summed E-state index contributed by atoms with van der Waals surface area (Å²) in [5, 5.41) is 3.72. The number of benzene rings is 1. The molecule has 1 aliphatic heterocycles. The Balaban J connectivity index is 1.84. The zero-order chi connectivity index (χ0) is 18.5. The van der Waals surface area contributed by atoms with E-state index in [4.69, 9.17) is 6.42 Å². The Morgan fingerprint density at radius 3 is 2.92 bits per heavy atom. The maximum absolute atomic E-state index is 12.8. The van der Waals surface area contributed by atoms with Crippen LogP contribution in [0.25, 0.3) is 11.3 Å². The molecule has 128 valence electrons. The molecule has 0 aliphatic carbocycles. The Morgan fingerprint density at radius 1 is 1.42 bits per heavy atom. The zero-order valence-corrected chi connectivity index (χ0v) is 15.2. The smallest absolute Gasteiger partial charge is 0.272 e. The van der Waals surface area contributed by atoms with Crippen molar-refractivity contribution >= 4 is 35.7 Å². The van der Waals surface area contributed by atoms with Gasteiger partial charge in [-0.05, 0) is 12.1 Å². The van der Waals surface area contributed by atoms with E-state index >= 15 is 0 Å². The first-order valence-corrected chi connectivity index (χ1v) is 8.86. The molecule has 1 N–H and O–H groups in total. The van der Waals surface area contributed by atoms with Gasteiger partial charge < -0.3 is 5.32 Å². The van der Waals surface area contributed by atoms with E-state index in [1.54, 1.807) is 17.1 Å². The molecule has 0 bridgehead atoms. The lowest BCUT2D eigenvalue weighted by Gasteiger charge is -2.07. The number of rotatable bonds is 5. The average Bonchev–Trinajstić information content (AvgIpc) is 2.96. The van der Waals surface area contributed by atoms with Crippen molar-refractivity contribution in [2.45, 2.75) is 4.90 Å². The Kier molecular flexibility index (Phi) is 5.57. The second kappa shape index (κ2) is 8.04. The molecule has 5 nitrogen and oxygen atoms in total. The number of hydrogen-bond donors (Lipinski definition) is 1. The van der Waals surface area contributed by atoms with Crippen molar-refractivity contribution in [3.05, 3.63) is 65.5 Å². The number of fused-ring (bicyclic) bond motifs is 1. The molecule has 0 radical (unpaired) electrons. The fraction of sp³-hybridized carbons (Fsp3) is 0.105. The summed E-state index contributed by atoms with van der Waals surface area (Å²) >= 11 is 1.30. The van der Waals surface area contributed by atoms with Gasteiger partial charge in [0.05, 0.1) is 17.9 Å². The van der Waals surface area contributed by atoms with Gasteiger partial charge in [-0.15, -0.1) is 6.42 Å². The molecule has 0 amide bonds. The van der Waals surface area contributed by atoms with Crippen LogP contribution in [0, 0.1) is 12.3 Å². The fourth-order valence-corrected chi connectivity index (χ4v) is 3.38. The number of nitrogens with zero attached hydrogens (tertiary/aromatic N) is 3. The number of terminal acetylenes is 1. The van der Waals surface area contributed by atoms with Crippen LogP contribution < -0.4 is 16.3 Å². The number of hydrogen-bond acceptors (Lipinski definition) is 5. The van der Waals surface area contributed by atoms with Gasteiger partial charge in [-0.1, -0.05) is 47.9 Å². The van der Waals surface area contributed by atoms with Crippen molar-refractivity contribution < 1.29 is 0 Å². The second-order valence-corrected chi connectivity index (χ2v) is 6.67. The number of nitrogens with one attached hydrogen (secondary N) is 1. The summed E-state index contributed by atoms with van der Waals surface area (Å²) in [5.74, 6) is 2.50. The number of aliphatic imine (C=N–C) groups is 1.